The second kappa shape index (κ2) is 7.42. The van der Waals surface area contributed by atoms with Crippen LogP contribution in [0.4, 0.5) is 5.69 Å². The van der Waals surface area contributed by atoms with Crippen LogP contribution in [0.2, 0.25) is 5.02 Å². The van der Waals surface area contributed by atoms with E-state index in [0.717, 1.165) is 16.8 Å². The van der Waals surface area contributed by atoms with E-state index in [1.807, 2.05) is 84.9 Å². The van der Waals surface area contributed by atoms with E-state index in [1.165, 1.54) is 0 Å². The van der Waals surface area contributed by atoms with E-state index in [2.05, 4.69) is 15.5 Å². The Morgan fingerprint density at radius 2 is 1.54 bits per heavy atom. The van der Waals surface area contributed by atoms with Gasteiger partial charge < -0.3 is 9.73 Å². The van der Waals surface area contributed by atoms with Crippen LogP contribution in [0.15, 0.2) is 89.3 Å². The second-order valence-electron chi connectivity index (χ2n) is 5.81. The summed E-state index contributed by atoms with van der Waals surface area (Å²) in [6.07, 6.45) is 0. The number of benzene rings is 3. The molecule has 1 aromatic heterocycles. The molecule has 0 aliphatic carbocycles. The van der Waals surface area contributed by atoms with Crippen LogP contribution in [0.5, 0.6) is 0 Å². The van der Waals surface area contributed by atoms with Crippen LogP contribution in [-0.2, 0) is 0 Å². The summed E-state index contributed by atoms with van der Waals surface area (Å²) in [4.78, 5) is 0. The first-order valence-electron chi connectivity index (χ1n) is 8.25. The van der Waals surface area contributed by atoms with E-state index in [0.29, 0.717) is 16.8 Å². The molecule has 0 bridgehead atoms. The van der Waals surface area contributed by atoms with E-state index >= 15 is 0 Å². The van der Waals surface area contributed by atoms with E-state index in [-0.39, 0.29) is 6.04 Å². The Morgan fingerprint density at radius 3 is 2.27 bits per heavy atom. The number of halogens is 1. The lowest BCUT2D eigenvalue weighted by atomic mass is 10.1. The van der Waals surface area contributed by atoms with Crippen molar-refractivity contribution in [3.63, 3.8) is 0 Å². The molecule has 0 fully saturated rings. The van der Waals surface area contributed by atoms with E-state index in [4.69, 9.17) is 16.0 Å². The minimum Gasteiger partial charge on any atom is -0.418 e. The maximum Gasteiger partial charge on any atom is 0.247 e. The molecule has 1 unspecified atom stereocenters. The quantitative estimate of drug-likeness (QED) is 0.503. The number of anilines is 1. The molecular weight excluding hydrogens is 346 g/mol. The Hall–Kier alpha value is -3.11. The fraction of sp³-hybridized carbons (Fsp3) is 0.0476. The van der Waals surface area contributed by atoms with E-state index < -0.39 is 0 Å². The van der Waals surface area contributed by atoms with Crippen molar-refractivity contribution in [2.24, 2.45) is 0 Å². The molecule has 0 spiro atoms. The monoisotopic (exact) mass is 361 g/mol. The van der Waals surface area contributed by atoms with Crippen LogP contribution in [0.25, 0.3) is 11.5 Å². The fourth-order valence-corrected chi connectivity index (χ4v) is 2.92. The molecule has 1 atom stereocenters. The van der Waals surface area contributed by atoms with Crippen molar-refractivity contribution in [2.75, 3.05) is 5.32 Å². The van der Waals surface area contributed by atoms with Crippen molar-refractivity contribution in [3.8, 4) is 11.5 Å². The highest BCUT2D eigenvalue weighted by Crippen LogP contribution is 2.29. The Balaban J connectivity index is 1.70. The topological polar surface area (TPSA) is 51.0 Å². The lowest BCUT2D eigenvalue weighted by Gasteiger charge is -2.17. The zero-order valence-electron chi connectivity index (χ0n) is 13.8. The van der Waals surface area contributed by atoms with E-state index in [1.54, 1.807) is 0 Å². The molecule has 1 heterocycles. The van der Waals surface area contributed by atoms with Gasteiger partial charge in [0.1, 0.15) is 6.04 Å². The predicted molar refractivity (Wildman–Crippen MR) is 103 cm³/mol. The highest BCUT2D eigenvalue weighted by atomic mass is 35.5. The number of rotatable bonds is 5. The molecule has 0 amide bonds. The minimum atomic E-state index is -0.278. The van der Waals surface area contributed by atoms with Crippen molar-refractivity contribution >= 4 is 17.3 Å². The summed E-state index contributed by atoms with van der Waals surface area (Å²) in [6.45, 7) is 0. The number of hydrogen-bond donors (Lipinski definition) is 1. The van der Waals surface area contributed by atoms with Crippen LogP contribution < -0.4 is 5.32 Å². The van der Waals surface area contributed by atoms with Crippen molar-refractivity contribution in [1.29, 1.82) is 0 Å². The molecule has 4 nitrogen and oxygen atoms in total. The first-order chi connectivity index (χ1) is 12.8. The van der Waals surface area contributed by atoms with Gasteiger partial charge in [0, 0.05) is 16.3 Å². The molecule has 0 saturated carbocycles. The lowest BCUT2D eigenvalue weighted by molar-refractivity contribution is 0.494. The summed E-state index contributed by atoms with van der Waals surface area (Å²) in [6, 6.07) is 27.0. The summed E-state index contributed by atoms with van der Waals surface area (Å²) in [5, 5.41) is 12.6. The van der Waals surface area contributed by atoms with Crippen molar-refractivity contribution in [2.45, 2.75) is 6.04 Å². The Morgan fingerprint density at radius 1 is 0.808 bits per heavy atom. The maximum absolute atomic E-state index is 6.11. The molecule has 5 heteroatoms. The minimum absolute atomic E-state index is 0.278. The zero-order chi connectivity index (χ0) is 17.8. The average molecular weight is 362 g/mol. The number of nitrogens with zero attached hydrogens (tertiary/aromatic N) is 2. The standard InChI is InChI=1S/C21H16ClN3O/c22-17-12-7-13-18(14-17)23-19(15-8-3-1-4-9-15)21-25-24-20(26-21)16-10-5-2-6-11-16/h1-14,19,23H. The van der Waals surface area contributed by atoms with Gasteiger partial charge in [-0.3, -0.25) is 0 Å². The predicted octanol–water partition coefficient (Wildman–Crippen LogP) is 5.59. The van der Waals surface area contributed by atoms with Crippen LogP contribution in [0.1, 0.15) is 17.5 Å². The van der Waals surface area contributed by atoms with Crippen molar-refractivity contribution in [3.05, 3.63) is 101 Å². The Kier molecular flexibility index (Phi) is 4.67. The third kappa shape index (κ3) is 3.60. The fourth-order valence-electron chi connectivity index (χ4n) is 2.73. The summed E-state index contributed by atoms with van der Waals surface area (Å²) >= 11 is 6.11. The maximum atomic E-state index is 6.11. The average Bonchev–Trinajstić information content (AvgIpc) is 3.17. The summed E-state index contributed by atoms with van der Waals surface area (Å²) < 4.78 is 5.97. The molecule has 26 heavy (non-hydrogen) atoms. The van der Waals surface area contributed by atoms with Crippen molar-refractivity contribution < 1.29 is 4.42 Å². The molecule has 0 saturated heterocycles. The van der Waals surface area contributed by atoms with Crippen molar-refractivity contribution in [1.82, 2.24) is 10.2 Å². The molecule has 4 rings (SSSR count). The molecule has 0 radical (unpaired) electrons. The third-order valence-corrected chi connectivity index (χ3v) is 4.21. The van der Waals surface area contributed by atoms with E-state index in [9.17, 15) is 0 Å². The van der Waals surface area contributed by atoms with Crippen LogP contribution in [0.3, 0.4) is 0 Å². The van der Waals surface area contributed by atoms with Crippen LogP contribution in [-0.4, -0.2) is 10.2 Å². The molecule has 0 aliphatic heterocycles. The van der Waals surface area contributed by atoms with Gasteiger partial charge in [0.25, 0.3) is 0 Å². The van der Waals surface area contributed by atoms with Gasteiger partial charge in [-0.15, -0.1) is 10.2 Å². The summed E-state index contributed by atoms with van der Waals surface area (Å²) in [7, 11) is 0. The first-order valence-corrected chi connectivity index (χ1v) is 8.63. The SMILES string of the molecule is Clc1cccc(NC(c2ccccc2)c2nnc(-c3ccccc3)o2)c1. The number of nitrogens with one attached hydrogen (secondary N) is 1. The molecular formula is C21H16ClN3O. The van der Waals surface area contributed by atoms with Gasteiger partial charge in [-0.2, -0.15) is 0 Å². The first kappa shape index (κ1) is 16.4. The summed E-state index contributed by atoms with van der Waals surface area (Å²) in [5.74, 6) is 0.990. The van der Waals surface area contributed by atoms with Gasteiger partial charge in [0.2, 0.25) is 11.8 Å². The van der Waals surface area contributed by atoms with Gasteiger partial charge >= 0.3 is 0 Å². The van der Waals surface area contributed by atoms with Gasteiger partial charge in [0.15, 0.2) is 0 Å². The van der Waals surface area contributed by atoms with Gasteiger partial charge in [-0.25, -0.2) is 0 Å². The molecule has 3 aromatic carbocycles. The van der Waals surface area contributed by atoms with Gasteiger partial charge in [-0.05, 0) is 35.9 Å². The van der Waals surface area contributed by atoms with Crippen LogP contribution in [0, 0.1) is 0 Å². The number of hydrogen-bond acceptors (Lipinski definition) is 4. The molecule has 0 aliphatic rings. The molecule has 4 aromatic rings. The lowest BCUT2D eigenvalue weighted by Crippen LogP contribution is -2.12. The Labute approximate surface area is 156 Å². The molecule has 1 N–H and O–H groups in total. The highest BCUT2D eigenvalue weighted by Gasteiger charge is 2.21. The third-order valence-electron chi connectivity index (χ3n) is 3.98. The molecule has 128 valence electrons. The zero-order valence-corrected chi connectivity index (χ0v) is 14.6. The number of aromatic nitrogens is 2. The highest BCUT2D eigenvalue weighted by molar-refractivity contribution is 6.30. The van der Waals surface area contributed by atoms with Gasteiger partial charge in [-0.1, -0.05) is 66.2 Å². The van der Waals surface area contributed by atoms with Gasteiger partial charge in [0.05, 0.1) is 0 Å². The largest absolute Gasteiger partial charge is 0.418 e. The normalized spacial score (nSPS) is 11.9. The smallest absolute Gasteiger partial charge is 0.247 e. The Bertz CT molecular complexity index is 986. The summed E-state index contributed by atoms with van der Waals surface area (Å²) in [5.41, 5.74) is 2.79. The second-order valence-corrected chi connectivity index (χ2v) is 6.25. The van der Waals surface area contributed by atoms with Crippen LogP contribution >= 0.6 is 11.6 Å².